The van der Waals surface area contributed by atoms with E-state index in [0.29, 0.717) is 24.4 Å². The topological polar surface area (TPSA) is 52.6 Å². The molecule has 0 unspecified atom stereocenters. The van der Waals surface area contributed by atoms with Crippen LogP contribution >= 0.6 is 0 Å². The smallest absolute Gasteiger partial charge is 0.333 e. The summed E-state index contributed by atoms with van der Waals surface area (Å²) in [5.74, 6) is -0.607. The Balaban J connectivity index is 0.000000525. The molecular weight excluding hydrogens is 352 g/mol. The van der Waals surface area contributed by atoms with Crippen molar-refractivity contribution in [3.05, 3.63) is 60.2 Å². The van der Waals surface area contributed by atoms with Crippen molar-refractivity contribution in [2.24, 2.45) is 0 Å². The quantitative estimate of drug-likeness (QED) is 0.244. The lowest BCUT2D eigenvalue weighted by Crippen LogP contribution is -2.05. The van der Waals surface area contributed by atoms with E-state index in [2.05, 4.69) is 20.1 Å². The van der Waals surface area contributed by atoms with Crippen LogP contribution in [0.1, 0.15) is 71.3 Å². The van der Waals surface area contributed by atoms with Crippen molar-refractivity contribution in [3.63, 3.8) is 0 Å². The molecule has 0 aromatic heterocycles. The van der Waals surface area contributed by atoms with Crippen LogP contribution in [0.4, 0.5) is 0 Å². The molecule has 156 valence electrons. The molecule has 4 heteroatoms. The van der Waals surface area contributed by atoms with Crippen molar-refractivity contribution >= 4 is 11.9 Å². The summed E-state index contributed by atoms with van der Waals surface area (Å²) < 4.78 is 9.94. The van der Waals surface area contributed by atoms with E-state index in [0.717, 1.165) is 18.4 Å². The number of carbonyl (C=O) groups is 2. The highest BCUT2D eigenvalue weighted by Crippen LogP contribution is 2.07. The summed E-state index contributed by atoms with van der Waals surface area (Å²) in [6.07, 6.45) is 8.66. The highest BCUT2D eigenvalue weighted by atomic mass is 16.5. The van der Waals surface area contributed by atoms with Gasteiger partial charge in [-0.25, -0.2) is 9.59 Å². The third-order valence-corrected chi connectivity index (χ3v) is 3.89. The van der Waals surface area contributed by atoms with Crippen molar-refractivity contribution in [2.75, 3.05) is 6.61 Å². The van der Waals surface area contributed by atoms with Crippen LogP contribution in [0.5, 0.6) is 0 Å². The molecule has 0 aliphatic rings. The second-order valence-corrected chi connectivity index (χ2v) is 6.88. The van der Waals surface area contributed by atoms with Gasteiger partial charge in [0.2, 0.25) is 0 Å². The van der Waals surface area contributed by atoms with Crippen LogP contribution in [-0.4, -0.2) is 18.5 Å². The van der Waals surface area contributed by atoms with Gasteiger partial charge in [0, 0.05) is 11.1 Å². The summed E-state index contributed by atoms with van der Waals surface area (Å²) in [6.45, 7) is 13.4. The second kappa shape index (κ2) is 16.8. The summed E-state index contributed by atoms with van der Waals surface area (Å²) in [7, 11) is 0. The number of hydrogen-bond acceptors (Lipinski definition) is 4. The van der Waals surface area contributed by atoms with Crippen molar-refractivity contribution < 1.29 is 19.1 Å². The third-order valence-electron chi connectivity index (χ3n) is 3.89. The van der Waals surface area contributed by atoms with Crippen molar-refractivity contribution in [1.82, 2.24) is 0 Å². The van der Waals surface area contributed by atoms with Crippen LogP contribution in [0.2, 0.25) is 0 Å². The molecule has 0 saturated heterocycles. The van der Waals surface area contributed by atoms with Crippen LogP contribution in [-0.2, 0) is 25.7 Å². The van der Waals surface area contributed by atoms with Crippen molar-refractivity contribution in [1.29, 1.82) is 0 Å². The Morgan fingerprint density at radius 1 is 0.786 bits per heavy atom. The zero-order valence-corrected chi connectivity index (χ0v) is 17.8. The number of rotatable bonds is 12. The lowest BCUT2D eigenvalue weighted by molar-refractivity contribution is -0.140. The summed E-state index contributed by atoms with van der Waals surface area (Å²) in [5, 5.41) is 0. The molecular formula is C24H36O4. The molecule has 0 fully saturated rings. The zero-order chi connectivity index (χ0) is 21.2. The molecule has 4 nitrogen and oxygen atoms in total. The first-order valence-electron chi connectivity index (χ1n) is 10.1. The van der Waals surface area contributed by atoms with Gasteiger partial charge in [-0.1, -0.05) is 88.9 Å². The molecule has 1 rings (SSSR count). The number of ether oxygens (including phenoxy) is 2. The van der Waals surface area contributed by atoms with Gasteiger partial charge in [-0.15, -0.1) is 0 Å². The van der Waals surface area contributed by atoms with Crippen LogP contribution in [0.25, 0.3) is 0 Å². The molecule has 0 heterocycles. The Labute approximate surface area is 170 Å². The molecule has 0 spiro atoms. The third kappa shape index (κ3) is 14.8. The van der Waals surface area contributed by atoms with E-state index in [1.807, 2.05) is 30.3 Å². The number of hydrogen-bond donors (Lipinski definition) is 0. The summed E-state index contributed by atoms with van der Waals surface area (Å²) in [5.41, 5.74) is 1.89. The highest BCUT2D eigenvalue weighted by molar-refractivity contribution is 5.87. The minimum atomic E-state index is -0.344. The van der Waals surface area contributed by atoms with Crippen molar-refractivity contribution in [3.8, 4) is 0 Å². The first kappa shape index (κ1) is 25.6. The molecule has 0 aliphatic heterocycles. The standard InChI is InChI=1S/C13H24O2.C11H12O2/c1-4-5-6-7-8-9-10-11-15-13(14)12(2)3;1-9(2)11(12)13-8-10-6-4-3-5-7-10/h2,4-11H2,1,3H3;3-7H,1,8H2,2H3. The number of carbonyl (C=O) groups excluding carboxylic acids is 2. The van der Waals surface area contributed by atoms with E-state index in [9.17, 15) is 9.59 Å². The predicted molar refractivity (Wildman–Crippen MR) is 115 cm³/mol. The Morgan fingerprint density at radius 3 is 1.82 bits per heavy atom. The highest BCUT2D eigenvalue weighted by Gasteiger charge is 2.02. The molecule has 0 saturated carbocycles. The molecule has 0 bridgehead atoms. The Bertz CT molecular complexity index is 590. The number of esters is 2. The zero-order valence-electron chi connectivity index (χ0n) is 17.8. The first-order valence-corrected chi connectivity index (χ1v) is 10.1. The van der Waals surface area contributed by atoms with Gasteiger partial charge in [-0.3, -0.25) is 0 Å². The fourth-order valence-corrected chi connectivity index (χ4v) is 2.19. The monoisotopic (exact) mass is 388 g/mol. The largest absolute Gasteiger partial charge is 0.462 e. The lowest BCUT2D eigenvalue weighted by Gasteiger charge is -2.04. The van der Waals surface area contributed by atoms with Crippen LogP contribution in [0.15, 0.2) is 54.6 Å². The molecule has 1 aromatic carbocycles. The summed E-state index contributed by atoms with van der Waals surface area (Å²) >= 11 is 0. The van der Waals surface area contributed by atoms with E-state index in [1.54, 1.807) is 13.8 Å². The maximum absolute atomic E-state index is 11.0. The summed E-state index contributed by atoms with van der Waals surface area (Å²) in [4.78, 5) is 22.0. The molecule has 0 atom stereocenters. The van der Waals surface area contributed by atoms with E-state index in [1.165, 1.54) is 32.1 Å². The Morgan fingerprint density at radius 2 is 1.29 bits per heavy atom. The normalized spacial score (nSPS) is 9.68. The fraction of sp³-hybridized carbons (Fsp3) is 0.500. The fourth-order valence-electron chi connectivity index (χ4n) is 2.19. The molecule has 0 radical (unpaired) electrons. The molecule has 28 heavy (non-hydrogen) atoms. The van der Waals surface area contributed by atoms with Crippen LogP contribution in [0, 0.1) is 0 Å². The summed E-state index contributed by atoms with van der Waals surface area (Å²) in [6, 6.07) is 9.55. The van der Waals surface area contributed by atoms with Gasteiger partial charge in [0.1, 0.15) is 6.61 Å². The minimum absolute atomic E-state index is 0.263. The SMILES string of the molecule is C=C(C)C(=O)OCCCCCCCCC.C=C(C)C(=O)OCc1ccccc1. The average molecular weight is 389 g/mol. The van der Waals surface area contributed by atoms with Gasteiger partial charge in [0.15, 0.2) is 0 Å². The first-order chi connectivity index (χ1) is 13.4. The Hall–Kier alpha value is -2.36. The molecule has 0 amide bonds. The Kier molecular flexibility index (Phi) is 15.4. The maximum Gasteiger partial charge on any atom is 0.333 e. The minimum Gasteiger partial charge on any atom is -0.462 e. The van der Waals surface area contributed by atoms with E-state index < -0.39 is 0 Å². The molecule has 0 aliphatic carbocycles. The van der Waals surface area contributed by atoms with Gasteiger partial charge in [-0.05, 0) is 25.8 Å². The molecule has 0 N–H and O–H groups in total. The number of unbranched alkanes of at least 4 members (excludes halogenated alkanes) is 6. The maximum atomic E-state index is 11.0. The second-order valence-electron chi connectivity index (χ2n) is 6.88. The van der Waals surface area contributed by atoms with Crippen LogP contribution < -0.4 is 0 Å². The van der Waals surface area contributed by atoms with Gasteiger partial charge in [0.25, 0.3) is 0 Å². The van der Waals surface area contributed by atoms with E-state index in [4.69, 9.17) is 9.47 Å². The van der Waals surface area contributed by atoms with Crippen molar-refractivity contribution in [2.45, 2.75) is 72.3 Å². The average Bonchev–Trinajstić information content (AvgIpc) is 2.69. The van der Waals surface area contributed by atoms with Gasteiger partial charge < -0.3 is 9.47 Å². The molecule has 1 aromatic rings. The predicted octanol–water partition coefficient (Wildman–Crippen LogP) is 6.16. The number of benzene rings is 1. The van der Waals surface area contributed by atoms with Crippen LogP contribution in [0.3, 0.4) is 0 Å². The van der Waals surface area contributed by atoms with E-state index in [-0.39, 0.29) is 11.9 Å². The lowest BCUT2D eigenvalue weighted by atomic mass is 10.1. The van der Waals surface area contributed by atoms with Gasteiger partial charge >= 0.3 is 11.9 Å². The van der Waals surface area contributed by atoms with Gasteiger partial charge in [0.05, 0.1) is 6.61 Å². The van der Waals surface area contributed by atoms with E-state index >= 15 is 0 Å². The van der Waals surface area contributed by atoms with Gasteiger partial charge in [-0.2, -0.15) is 0 Å².